The maximum atomic E-state index is 5.71. The molecule has 1 aromatic heterocycles. The predicted molar refractivity (Wildman–Crippen MR) is 74.7 cm³/mol. The number of imidazole rings is 1. The van der Waals surface area contributed by atoms with Gasteiger partial charge in [-0.3, -0.25) is 0 Å². The maximum Gasteiger partial charge on any atom is 0.129 e. The van der Waals surface area contributed by atoms with Gasteiger partial charge in [-0.1, -0.05) is 24.4 Å². The van der Waals surface area contributed by atoms with Gasteiger partial charge >= 0.3 is 0 Å². The van der Waals surface area contributed by atoms with Crippen LogP contribution in [0.15, 0.2) is 36.7 Å². The Morgan fingerprint density at radius 1 is 1.44 bits per heavy atom. The van der Waals surface area contributed by atoms with Crippen LogP contribution in [0.3, 0.4) is 0 Å². The Morgan fingerprint density at radius 3 is 2.89 bits per heavy atom. The Bertz CT molecular complexity index is 551. The Labute approximate surface area is 111 Å². The van der Waals surface area contributed by atoms with Crippen LogP contribution in [0.4, 0.5) is 0 Å². The lowest BCUT2D eigenvalue weighted by atomic mass is 10.2. The molecule has 0 aliphatic carbocycles. The van der Waals surface area contributed by atoms with Crippen LogP contribution >= 0.6 is 12.2 Å². The normalized spacial score (nSPS) is 10.3. The van der Waals surface area contributed by atoms with Gasteiger partial charge in [0, 0.05) is 25.9 Å². The van der Waals surface area contributed by atoms with Crippen molar-refractivity contribution in [1.29, 1.82) is 0 Å². The highest BCUT2D eigenvalue weighted by molar-refractivity contribution is 7.80. The summed E-state index contributed by atoms with van der Waals surface area (Å²) < 4.78 is 7.68. The number of thiocarbonyl (C=S) groups is 1. The molecule has 1 aromatic carbocycles. The fourth-order valence-corrected chi connectivity index (χ4v) is 1.85. The van der Waals surface area contributed by atoms with E-state index in [2.05, 4.69) is 4.98 Å². The Kier molecular flexibility index (Phi) is 3.94. The molecule has 0 amide bonds. The van der Waals surface area contributed by atoms with Crippen LogP contribution in [-0.4, -0.2) is 21.1 Å². The molecule has 94 valence electrons. The Morgan fingerprint density at radius 2 is 2.22 bits per heavy atom. The predicted octanol–water partition coefficient (Wildman–Crippen LogP) is 1.68. The molecule has 0 spiro atoms. The average Bonchev–Trinajstić information content (AvgIpc) is 2.76. The number of benzene rings is 1. The van der Waals surface area contributed by atoms with E-state index in [1.807, 2.05) is 42.1 Å². The second kappa shape index (κ2) is 5.64. The minimum Gasteiger partial charge on any atom is -0.492 e. The maximum absolute atomic E-state index is 5.71. The van der Waals surface area contributed by atoms with E-state index in [1.165, 1.54) is 0 Å². The number of para-hydroxylation sites is 1. The lowest BCUT2D eigenvalue weighted by molar-refractivity contribution is 0.317. The van der Waals surface area contributed by atoms with Crippen molar-refractivity contribution in [3.8, 4) is 5.75 Å². The lowest BCUT2D eigenvalue weighted by Gasteiger charge is -2.10. The largest absolute Gasteiger partial charge is 0.492 e. The SMILES string of the molecule is Cn1ccnc1CCOc1ccccc1C(N)=S. The molecule has 2 aromatic rings. The van der Waals surface area contributed by atoms with Gasteiger partial charge in [0.15, 0.2) is 0 Å². The number of ether oxygens (including phenoxy) is 1. The third kappa shape index (κ3) is 2.87. The van der Waals surface area contributed by atoms with Crippen molar-refractivity contribution in [2.24, 2.45) is 12.8 Å². The number of hydrogen-bond donors (Lipinski definition) is 1. The summed E-state index contributed by atoms with van der Waals surface area (Å²) >= 11 is 4.98. The summed E-state index contributed by atoms with van der Waals surface area (Å²) in [5, 5.41) is 0. The van der Waals surface area contributed by atoms with Crippen molar-refractivity contribution in [1.82, 2.24) is 9.55 Å². The van der Waals surface area contributed by atoms with Crippen LogP contribution in [0.5, 0.6) is 5.75 Å². The van der Waals surface area contributed by atoms with Crippen LogP contribution in [0.1, 0.15) is 11.4 Å². The molecule has 0 unspecified atom stereocenters. The summed E-state index contributed by atoms with van der Waals surface area (Å²) in [5.41, 5.74) is 6.41. The molecule has 0 saturated carbocycles. The molecule has 0 fully saturated rings. The summed E-state index contributed by atoms with van der Waals surface area (Å²) in [7, 11) is 1.96. The highest BCUT2D eigenvalue weighted by Gasteiger charge is 2.06. The smallest absolute Gasteiger partial charge is 0.129 e. The molecule has 0 atom stereocenters. The molecule has 2 rings (SSSR count). The standard InChI is InChI=1S/C13H15N3OS/c1-16-8-7-15-12(16)6-9-17-11-5-3-2-4-10(11)13(14)18/h2-5,7-8H,6,9H2,1H3,(H2,14,18). The van der Waals surface area contributed by atoms with E-state index in [-0.39, 0.29) is 0 Å². The molecule has 0 aliphatic heterocycles. The first-order chi connectivity index (χ1) is 8.68. The summed E-state index contributed by atoms with van der Waals surface area (Å²) in [4.78, 5) is 4.59. The lowest BCUT2D eigenvalue weighted by Crippen LogP contribution is -2.13. The van der Waals surface area contributed by atoms with E-state index >= 15 is 0 Å². The van der Waals surface area contributed by atoms with Gasteiger partial charge in [-0.15, -0.1) is 0 Å². The zero-order valence-corrected chi connectivity index (χ0v) is 11.0. The van der Waals surface area contributed by atoms with Gasteiger partial charge < -0.3 is 15.0 Å². The van der Waals surface area contributed by atoms with Crippen LogP contribution in [0, 0.1) is 0 Å². The first-order valence-corrected chi connectivity index (χ1v) is 6.07. The average molecular weight is 261 g/mol. The van der Waals surface area contributed by atoms with Gasteiger partial charge in [0.05, 0.1) is 12.2 Å². The van der Waals surface area contributed by atoms with Gasteiger partial charge in [0.25, 0.3) is 0 Å². The Hall–Kier alpha value is -1.88. The number of aryl methyl sites for hydroxylation is 1. The molecular weight excluding hydrogens is 246 g/mol. The molecule has 0 saturated heterocycles. The summed E-state index contributed by atoms with van der Waals surface area (Å²) in [6.07, 6.45) is 4.44. The molecule has 5 heteroatoms. The fraction of sp³-hybridized carbons (Fsp3) is 0.231. The third-order valence-electron chi connectivity index (χ3n) is 2.66. The van der Waals surface area contributed by atoms with Crippen LogP contribution < -0.4 is 10.5 Å². The monoisotopic (exact) mass is 261 g/mol. The highest BCUT2D eigenvalue weighted by atomic mass is 32.1. The van der Waals surface area contributed by atoms with Crippen molar-refractivity contribution in [2.75, 3.05) is 6.61 Å². The molecule has 2 N–H and O–H groups in total. The molecular formula is C13H15N3OS. The Balaban J connectivity index is 1.99. The van der Waals surface area contributed by atoms with Crippen LogP contribution in [0.25, 0.3) is 0 Å². The van der Waals surface area contributed by atoms with Crippen LogP contribution in [-0.2, 0) is 13.5 Å². The first kappa shape index (κ1) is 12.6. The molecule has 0 radical (unpaired) electrons. The van der Waals surface area contributed by atoms with Gasteiger partial charge in [-0.2, -0.15) is 0 Å². The van der Waals surface area contributed by atoms with Gasteiger partial charge in [-0.05, 0) is 12.1 Å². The number of rotatable bonds is 5. The summed E-state index contributed by atoms with van der Waals surface area (Å²) in [5.74, 6) is 1.71. The number of aromatic nitrogens is 2. The van der Waals surface area contributed by atoms with Crippen molar-refractivity contribution in [3.63, 3.8) is 0 Å². The van der Waals surface area contributed by atoms with Crippen molar-refractivity contribution >= 4 is 17.2 Å². The van der Waals surface area contributed by atoms with E-state index in [1.54, 1.807) is 6.20 Å². The van der Waals surface area contributed by atoms with Crippen molar-refractivity contribution in [3.05, 3.63) is 48.0 Å². The van der Waals surface area contributed by atoms with E-state index in [0.717, 1.165) is 23.6 Å². The zero-order chi connectivity index (χ0) is 13.0. The second-order valence-corrected chi connectivity index (χ2v) is 4.35. The van der Waals surface area contributed by atoms with Crippen LogP contribution in [0.2, 0.25) is 0 Å². The number of nitrogens with two attached hydrogens (primary N) is 1. The van der Waals surface area contributed by atoms with Gasteiger partial charge in [0.2, 0.25) is 0 Å². The second-order valence-electron chi connectivity index (χ2n) is 3.91. The van der Waals surface area contributed by atoms with E-state index < -0.39 is 0 Å². The van der Waals surface area contributed by atoms with E-state index in [0.29, 0.717) is 11.6 Å². The topological polar surface area (TPSA) is 53.1 Å². The first-order valence-electron chi connectivity index (χ1n) is 5.66. The van der Waals surface area contributed by atoms with Gasteiger partial charge in [0.1, 0.15) is 16.6 Å². The van der Waals surface area contributed by atoms with E-state index in [4.69, 9.17) is 22.7 Å². The minimum atomic E-state index is 0.350. The summed E-state index contributed by atoms with van der Waals surface area (Å²) in [6.45, 7) is 0.546. The zero-order valence-electron chi connectivity index (χ0n) is 10.2. The quantitative estimate of drug-likeness (QED) is 0.832. The minimum absolute atomic E-state index is 0.350. The van der Waals surface area contributed by atoms with Gasteiger partial charge in [-0.25, -0.2) is 4.98 Å². The fourth-order valence-electron chi connectivity index (χ4n) is 1.69. The van der Waals surface area contributed by atoms with E-state index in [9.17, 15) is 0 Å². The molecule has 0 bridgehead atoms. The van der Waals surface area contributed by atoms with Crippen molar-refractivity contribution < 1.29 is 4.74 Å². The molecule has 0 aliphatic rings. The molecule has 1 heterocycles. The third-order valence-corrected chi connectivity index (χ3v) is 2.88. The molecule has 18 heavy (non-hydrogen) atoms. The highest BCUT2D eigenvalue weighted by Crippen LogP contribution is 2.17. The number of hydrogen-bond acceptors (Lipinski definition) is 3. The molecule has 4 nitrogen and oxygen atoms in total. The number of nitrogens with zero attached hydrogens (tertiary/aromatic N) is 2. The van der Waals surface area contributed by atoms with Crippen molar-refractivity contribution in [2.45, 2.75) is 6.42 Å². The summed E-state index contributed by atoms with van der Waals surface area (Å²) in [6, 6.07) is 7.52.